The summed E-state index contributed by atoms with van der Waals surface area (Å²) in [4.78, 5) is 54.2. The molecule has 15 heteroatoms. The van der Waals surface area contributed by atoms with E-state index in [2.05, 4.69) is 25.0 Å². The second kappa shape index (κ2) is 14.3. The number of imidazole rings is 2. The SMILES string of the molecule is Cn1c(=O)n(C2CCC(=O)NC2=O)c2cccc(OCCN3CCN(c4cccc(-c5cnc6ccc(N7CCCC7c7cccc(F)c7)nn56)n4)CC3)c21. The number of nitrogens with zero attached hydrogens (tertiary/aromatic N) is 9. The number of amides is 2. The first-order valence-corrected chi connectivity index (χ1v) is 18.8. The summed E-state index contributed by atoms with van der Waals surface area (Å²) in [5, 5.41) is 7.37. The summed E-state index contributed by atoms with van der Waals surface area (Å²) in [7, 11) is 1.67. The van der Waals surface area contributed by atoms with E-state index in [-0.39, 0.29) is 36.3 Å². The maximum Gasteiger partial charge on any atom is 0.329 e. The van der Waals surface area contributed by atoms with E-state index >= 15 is 0 Å². The maximum atomic E-state index is 14.1. The molecule has 0 bridgehead atoms. The molecule has 55 heavy (non-hydrogen) atoms. The summed E-state index contributed by atoms with van der Waals surface area (Å²) >= 11 is 0. The number of aromatic nitrogens is 6. The first-order chi connectivity index (χ1) is 26.8. The standard InChI is InChI=1S/C40H41FN10O4/c1-46-38-30(50(40(46)54)31-13-16-37(52)44-39(31)53)9-4-11-33(38)55-23-22-47-18-20-48(21-19-47)35-12-3-8-28(43-35)32-25-42-34-14-15-36(45-51(32)34)49-17-5-10-29(49)26-6-2-7-27(41)24-26/h2-4,6-9,11-12,14-15,24-25,29,31H,5,10,13,16-23H2,1H3,(H,44,52,53). The van der Waals surface area contributed by atoms with E-state index in [4.69, 9.17) is 14.8 Å². The average molecular weight is 745 g/mol. The Hall–Kier alpha value is -6.09. The fourth-order valence-electron chi connectivity index (χ4n) is 8.27. The predicted octanol–water partition coefficient (Wildman–Crippen LogP) is 4.10. The molecule has 0 aliphatic carbocycles. The second-order valence-electron chi connectivity index (χ2n) is 14.4. The van der Waals surface area contributed by atoms with E-state index in [9.17, 15) is 18.8 Å². The zero-order chi connectivity index (χ0) is 37.6. The van der Waals surface area contributed by atoms with Crippen molar-refractivity contribution in [1.29, 1.82) is 0 Å². The Morgan fingerprint density at radius 1 is 0.891 bits per heavy atom. The van der Waals surface area contributed by atoms with Gasteiger partial charge in [-0.1, -0.05) is 24.3 Å². The Balaban J connectivity index is 0.850. The number of imide groups is 1. The summed E-state index contributed by atoms with van der Waals surface area (Å²) < 4.78 is 25.2. The van der Waals surface area contributed by atoms with Crippen LogP contribution in [0, 0.1) is 5.82 Å². The highest BCUT2D eigenvalue weighted by Crippen LogP contribution is 2.36. The molecule has 282 valence electrons. The van der Waals surface area contributed by atoms with E-state index in [1.807, 2.05) is 59.2 Å². The molecule has 1 N–H and O–H groups in total. The first-order valence-electron chi connectivity index (χ1n) is 18.8. The van der Waals surface area contributed by atoms with Gasteiger partial charge in [0.15, 0.2) is 5.65 Å². The summed E-state index contributed by atoms with van der Waals surface area (Å²) in [6.45, 7) is 5.20. The molecule has 0 spiro atoms. The van der Waals surface area contributed by atoms with Crippen LogP contribution in [0.15, 0.2) is 83.8 Å². The number of carbonyl (C=O) groups excluding carboxylic acids is 2. The van der Waals surface area contributed by atoms with Crippen LogP contribution in [0.2, 0.25) is 0 Å². The van der Waals surface area contributed by atoms with Crippen LogP contribution in [0.25, 0.3) is 28.1 Å². The number of ether oxygens (including phenoxy) is 1. The topological polar surface area (TPSA) is 135 Å². The molecule has 3 saturated heterocycles. The largest absolute Gasteiger partial charge is 0.490 e. The minimum Gasteiger partial charge on any atom is -0.490 e. The Morgan fingerprint density at radius 3 is 2.56 bits per heavy atom. The van der Waals surface area contributed by atoms with Crippen LogP contribution < -0.4 is 25.5 Å². The van der Waals surface area contributed by atoms with E-state index in [0.717, 1.165) is 79.8 Å². The molecule has 7 heterocycles. The smallest absolute Gasteiger partial charge is 0.329 e. The lowest BCUT2D eigenvalue weighted by Gasteiger charge is -2.35. The third-order valence-corrected chi connectivity index (χ3v) is 11.1. The first kappa shape index (κ1) is 34.7. The Labute approximate surface area is 315 Å². The van der Waals surface area contributed by atoms with E-state index < -0.39 is 11.9 Å². The summed E-state index contributed by atoms with van der Waals surface area (Å²) in [6, 6.07) is 21.6. The van der Waals surface area contributed by atoms with Crippen LogP contribution in [0.5, 0.6) is 5.75 Å². The fourth-order valence-corrected chi connectivity index (χ4v) is 8.27. The van der Waals surface area contributed by atoms with Crippen molar-refractivity contribution in [3.05, 3.63) is 101 Å². The molecule has 14 nitrogen and oxygen atoms in total. The van der Waals surface area contributed by atoms with Crippen LogP contribution in [0.3, 0.4) is 0 Å². The quantitative estimate of drug-likeness (QED) is 0.216. The van der Waals surface area contributed by atoms with Crippen molar-refractivity contribution >= 4 is 40.1 Å². The zero-order valence-corrected chi connectivity index (χ0v) is 30.5. The molecule has 4 aromatic heterocycles. The molecule has 3 fully saturated rings. The fraction of sp³-hybridized carbons (Fsp3) is 0.350. The normalized spacial score (nSPS) is 19.5. The minimum atomic E-state index is -0.748. The van der Waals surface area contributed by atoms with Gasteiger partial charge in [0.25, 0.3) is 0 Å². The van der Waals surface area contributed by atoms with Gasteiger partial charge in [-0.15, -0.1) is 5.10 Å². The number of carbonyl (C=O) groups is 2. The lowest BCUT2D eigenvalue weighted by Crippen LogP contribution is -2.47. The molecule has 2 atom stereocenters. The van der Waals surface area contributed by atoms with Gasteiger partial charge in [0.1, 0.15) is 47.1 Å². The molecular weight excluding hydrogens is 704 g/mol. The van der Waals surface area contributed by atoms with Crippen LogP contribution in [-0.2, 0) is 16.6 Å². The Kier molecular flexibility index (Phi) is 9.00. The molecule has 0 radical (unpaired) electrons. The molecule has 6 aromatic rings. The lowest BCUT2D eigenvalue weighted by atomic mass is 10.0. The number of anilines is 2. The van der Waals surface area contributed by atoms with Crippen molar-refractivity contribution < 1.29 is 18.7 Å². The van der Waals surface area contributed by atoms with Crippen molar-refractivity contribution in [1.82, 2.24) is 38.9 Å². The van der Waals surface area contributed by atoms with Crippen LogP contribution in [0.1, 0.15) is 43.3 Å². The summed E-state index contributed by atoms with van der Waals surface area (Å²) in [5.41, 5.74) is 4.17. The zero-order valence-electron chi connectivity index (χ0n) is 30.5. The minimum absolute atomic E-state index is 0.0588. The molecule has 0 saturated carbocycles. The maximum absolute atomic E-state index is 14.1. The Bertz CT molecular complexity index is 2490. The van der Waals surface area contributed by atoms with Gasteiger partial charge in [0, 0.05) is 52.7 Å². The number of fused-ring (bicyclic) bond motifs is 2. The highest BCUT2D eigenvalue weighted by atomic mass is 19.1. The number of benzene rings is 2. The van der Waals surface area contributed by atoms with Crippen LogP contribution >= 0.6 is 0 Å². The van der Waals surface area contributed by atoms with E-state index in [1.165, 1.54) is 15.2 Å². The highest BCUT2D eigenvalue weighted by Gasteiger charge is 2.32. The third-order valence-electron chi connectivity index (χ3n) is 11.1. The van der Waals surface area contributed by atoms with Gasteiger partial charge in [-0.05, 0) is 73.4 Å². The molecule has 9 rings (SSSR count). The van der Waals surface area contributed by atoms with Gasteiger partial charge in [-0.2, -0.15) is 0 Å². The van der Waals surface area contributed by atoms with Crippen LogP contribution in [0.4, 0.5) is 16.0 Å². The van der Waals surface area contributed by atoms with Crippen molar-refractivity contribution in [3.8, 4) is 17.1 Å². The van der Waals surface area contributed by atoms with Crippen molar-refractivity contribution in [2.75, 3.05) is 55.7 Å². The number of rotatable bonds is 9. The van der Waals surface area contributed by atoms with Gasteiger partial charge in [0.2, 0.25) is 11.8 Å². The average Bonchev–Trinajstić information content (AvgIpc) is 3.92. The number of nitrogens with one attached hydrogen (secondary N) is 1. The number of pyridine rings is 1. The summed E-state index contributed by atoms with van der Waals surface area (Å²) in [5.74, 6) is 1.27. The number of para-hydroxylation sites is 1. The number of piperazine rings is 1. The Morgan fingerprint density at radius 2 is 1.73 bits per heavy atom. The molecule has 3 aliphatic rings. The molecule has 2 unspecified atom stereocenters. The number of hydrogen-bond donors (Lipinski definition) is 1. The molecule has 2 aromatic carbocycles. The number of hydrogen-bond acceptors (Lipinski definition) is 10. The third kappa shape index (κ3) is 6.47. The van der Waals surface area contributed by atoms with E-state index in [0.29, 0.717) is 29.9 Å². The number of piperidine rings is 1. The predicted molar refractivity (Wildman–Crippen MR) is 205 cm³/mol. The lowest BCUT2D eigenvalue weighted by molar-refractivity contribution is -0.135. The van der Waals surface area contributed by atoms with Gasteiger partial charge in [0.05, 0.1) is 23.4 Å². The van der Waals surface area contributed by atoms with E-state index in [1.54, 1.807) is 25.2 Å². The van der Waals surface area contributed by atoms with Gasteiger partial charge >= 0.3 is 5.69 Å². The van der Waals surface area contributed by atoms with Crippen molar-refractivity contribution in [3.63, 3.8) is 0 Å². The van der Waals surface area contributed by atoms with Crippen molar-refractivity contribution in [2.24, 2.45) is 7.05 Å². The molecule has 3 aliphatic heterocycles. The number of aryl methyl sites for hydroxylation is 1. The van der Waals surface area contributed by atoms with Gasteiger partial charge in [-0.25, -0.2) is 23.7 Å². The van der Waals surface area contributed by atoms with Crippen molar-refractivity contribution in [2.45, 2.75) is 37.8 Å². The molecular formula is C40H41FN10O4. The second-order valence-corrected chi connectivity index (χ2v) is 14.4. The summed E-state index contributed by atoms with van der Waals surface area (Å²) in [6.07, 6.45) is 4.21. The van der Waals surface area contributed by atoms with Gasteiger partial charge in [-0.3, -0.25) is 28.9 Å². The number of halogens is 1. The molecule has 2 amide bonds. The van der Waals surface area contributed by atoms with Crippen LogP contribution in [-0.4, -0.2) is 91.3 Å². The monoisotopic (exact) mass is 744 g/mol. The van der Waals surface area contributed by atoms with Gasteiger partial charge < -0.3 is 14.5 Å². The highest BCUT2D eigenvalue weighted by molar-refractivity contribution is 6.00.